The molecular formula is C18H19ClFN5O2. The highest BCUT2D eigenvalue weighted by atomic mass is 35.5. The van der Waals surface area contributed by atoms with E-state index >= 15 is 0 Å². The maximum absolute atomic E-state index is 13.3. The molecule has 1 unspecified atom stereocenters. The number of fused-ring (bicyclic) bond motifs is 3. The molecule has 142 valence electrons. The average molecular weight is 392 g/mol. The Morgan fingerprint density at radius 3 is 3.04 bits per heavy atom. The summed E-state index contributed by atoms with van der Waals surface area (Å²) in [5.41, 5.74) is 2.61. The van der Waals surface area contributed by atoms with Crippen LogP contribution in [0.5, 0.6) is 0 Å². The number of amides is 3. The fourth-order valence-electron chi connectivity index (χ4n) is 3.47. The first kappa shape index (κ1) is 17.8. The van der Waals surface area contributed by atoms with Gasteiger partial charge in [-0.25, -0.2) is 9.18 Å². The lowest BCUT2D eigenvalue weighted by atomic mass is 10.1. The van der Waals surface area contributed by atoms with Crippen molar-refractivity contribution in [2.24, 2.45) is 5.92 Å². The molecule has 27 heavy (non-hydrogen) atoms. The lowest BCUT2D eigenvalue weighted by molar-refractivity contribution is 0.0946. The minimum Gasteiger partial charge on any atom is -0.350 e. The SMILES string of the molecule is CC1CNC(=O)c2c3c(nn2C1)CCN(C(=O)Nc1ccc(F)c(Cl)c1)C3. The van der Waals surface area contributed by atoms with E-state index < -0.39 is 5.82 Å². The number of hydrogen-bond acceptors (Lipinski definition) is 3. The number of halogens is 2. The molecule has 0 radical (unpaired) electrons. The summed E-state index contributed by atoms with van der Waals surface area (Å²) in [6.07, 6.45) is 0.578. The third kappa shape index (κ3) is 3.37. The van der Waals surface area contributed by atoms with Gasteiger partial charge in [-0.1, -0.05) is 18.5 Å². The van der Waals surface area contributed by atoms with E-state index in [1.807, 2.05) is 0 Å². The normalized spacial score (nSPS) is 19.0. The van der Waals surface area contributed by atoms with E-state index in [0.29, 0.717) is 49.9 Å². The molecule has 0 saturated heterocycles. The van der Waals surface area contributed by atoms with Crippen LogP contribution >= 0.6 is 11.6 Å². The lowest BCUT2D eigenvalue weighted by Gasteiger charge is -2.27. The second-order valence-electron chi connectivity index (χ2n) is 7.00. The number of anilines is 1. The minimum absolute atomic E-state index is 0.0542. The highest BCUT2D eigenvalue weighted by Crippen LogP contribution is 2.26. The standard InChI is InChI=1S/C18H19ClFN5O2/c1-10-7-21-17(26)16-12-9-24(5-4-15(12)23-25(16)8-10)18(27)22-11-2-3-14(20)13(19)6-11/h2-3,6,10H,4-5,7-9H2,1H3,(H,21,26)(H,22,27). The van der Waals surface area contributed by atoms with Gasteiger partial charge in [0.2, 0.25) is 0 Å². The van der Waals surface area contributed by atoms with Gasteiger partial charge in [0.05, 0.1) is 17.3 Å². The first-order valence-corrected chi connectivity index (χ1v) is 9.18. The Labute approximate surface area is 160 Å². The number of aromatic nitrogens is 2. The molecule has 1 atom stereocenters. The van der Waals surface area contributed by atoms with Gasteiger partial charge in [-0.2, -0.15) is 5.10 Å². The smallest absolute Gasteiger partial charge is 0.322 e. The molecule has 0 saturated carbocycles. The summed E-state index contributed by atoms with van der Waals surface area (Å²) < 4.78 is 15.0. The van der Waals surface area contributed by atoms with Crippen molar-refractivity contribution in [3.63, 3.8) is 0 Å². The molecule has 9 heteroatoms. The molecule has 4 rings (SSSR count). The predicted molar refractivity (Wildman–Crippen MR) is 98.3 cm³/mol. The van der Waals surface area contributed by atoms with Crippen LogP contribution in [0, 0.1) is 11.7 Å². The van der Waals surface area contributed by atoms with Crippen molar-refractivity contribution in [3.8, 4) is 0 Å². The molecule has 2 aliphatic rings. The van der Waals surface area contributed by atoms with Gasteiger partial charge >= 0.3 is 6.03 Å². The van der Waals surface area contributed by atoms with Crippen molar-refractivity contribution in [2.45, 2.75) is 26.4 Å². The van der Waals surface area contributed by atoms with E-state index in [2.05, 4.69) is 22.7 Å². The Balaban J connectivity index is 1.55. The van der Waals surface area contributed by atoms with Crippen molar-refractivity contribution >= 4 is 29.2 Å². The van der Waals surface area contributed by atoms with E-state index in [0.717, 1.165) is 11.3 Å². The second kappa shape index (κ2) is 6.84. The van der Waals surface area contributed by atoms with Crippen LogP contribution in [0.2, 0.25) is 5.02 Å². The number of nitrogens with one attached hydrogen (secondary N) is 2. The zero-order valence-corrected chi connectivity index (χ0v) is 15.5. The summed E-state index contributed by atoms with van der Waals surface area (Å²) in [6.45, 7) is 4.12. The number of rotatable bonds is 1. The van der Waals surface area contributed by atoms with Crippen LogP contribution in [0.4, 0.5) is 14.9 Å². The molecule has 3 heterocycles. The van der Waals surface area contributed by atoms with E-state index in [1.165, 1.54) is 18.2 Å². The third-order valence-electron chi connectivity index (χ3n) is 4.87. The van der Waals surface area contributed by atoms with Gasteiger partial charge < -0.3 is 15.5 Å². The van der Waals surface area contributed by atoms with Gasteiger partial charge in [0.1, 0.15) is 11.5 Å². The Morgan fingerprint density at radius 1 is 1.44 bits per heavy atom. The maximum Gasteiger partial charge on any atom is 0.322 e. The average Bonchev–Trinajstić information content (AvgIpc) is 2.92. The Hall–Kier alpha value is -2.61. The van der Waals surface area contributed by atoms with Crippen LogP contribution in [0.1, 0.15) is 28.7 Å². The maximum atomic E-state index is 13.3. The van der Waals surface area contributed by atoms with Crippen molar-refractivity contribution in [2.75, 3.05) is 18.4 Å². The van der Waals surface area contributed by atoms with Gasteiger partial charge in [-0.15, -0.1) is 0 Å². The molecule has 0 aliphatic carbocycles. The molecule has 2 N–H and O–H groups in total. The van der Waals surface area contributed by atoms with Gasteiger partial charge in [0, 0.05) is 37.3 Å². The fraction of sp³-hybridized carbons (Fsp3) is 0.389. The fourth-order valence-corrected chi connectivity index (χ4v) is 3.65. The molecule has 1 aromatic heterocycles. The van der Waals surface area contributed by atoms with Crippen molar-refractivity contribution in [1.29, 1.82) is 0 Å². The zero-order valence-electron chi connectivity index (χ0n) is 14.8. The van der Waals surface area contributed by atoms with E-state index in [4.69, 9.17) is 11.6 Å². The van der Waals surface area contributed by atoms with E-state index in [9.17, 15) is 14.0 Å². The van der Waals surface area contributed by atoms with Crippen LogP contribution in [0.15, 0.2) is 18.2 Å². The highest BCUT2D eigenvalue weighted by Gasteiger charge is 2.32. The molecule has 2 aromatic rings. The number of urea groups is 1. The van der Waals surface area contributed by atoms with Crippen LogP contribution in [-0.2, 0) is 19.5 Å². The van der Waals surface area contributed by atoms with Gasteiger partial charge in [-0.05, 0) is 24.1 Å². The van der Waals surface area contributed by atoms with Crippen LogP contribution < -0.4 is 10.6 Å². The summed E-state index contributed by atoms with van der Waals surface area (Å²) in [5.74, 6) is -0.403. The largest absolute Gasteiger partial charge is 0.350 e. The minimum atomic E-state index is -0.542. The quantitative estimate of drug-likeness (QED) is 0.784. The number of carbonyl (C=O) groups is 2. The predicted octanol–water partition coefficient (Wildman–Crippen LogP) is 2.65. The van der Waals surface area contributed by atoms with Crippen molar-refractivity contribution < 1.29 is 14.0 Å². The molecule has 1 aromatic carbocycles. The molecule has 3 amide bonds. The van der Waals surface area contributed by atoms with Gasteiger partial charge in [-0.3, -0.25) is 9.48 Å². The molecule has 2 aliphatic heterocycles. The second-order valence-corrected chi connectivity index (χ2v) is 7.41. The number of benzene rings is 1. The van der Waals surface area contributed by atoms with Crippen LogP contribution in [0.3, 0.4) is 0 Å². The molecular weight excluding hydrogens is 373 g/mol. The number of hydrogen-bond donors (Lipinski definition) is 2. The van der Waals surface area contributed by atoms with Crippen LogP contribution in [0.25, 0.3) is 0 Å². The van der Waals surface area contributed by atoms with E-state index in [1.54, 1.807) is 9.58 Å². The topological polar surface area (TPSA) is 79.3 Å². The monoisotopic (exact) mass is 391 g/mol. The summed E-state index contributed by atoms with van der Waals surface area (Å²) in [4.78, 5) is 26.7. The Bertz CT molecular complexity index is 929. The molecule has 0 bridgehead atoms. The van der Waals surface area contributed by atoms with Crippen molar-refractivity contribution in [1.82, 2.24) is 20.0 Å². The third-order valence-corrected chi connectivity index (χ3v) is 5.16. The van der Waals surface area contributed by atoms with Gasteiger partial charge in [0.15, 0.2) is 0 Å². The summed E-state index contributed by atoms with van der Waals surface area (Å²) in [6, 6.07) is 3.70. The first-order valence-electron chi connectivity index (χ1n) is 8.80. The zero-order chi connectivity index (χ0) is 19.1. The Kier molecular flexibility index (Phi) is 4.51. The van der Waals surface area contributed by atoms with E-state index in [-0.39, 0.29) is 17.0 Å². The number of nitrogens with zero attached hydrogens (tertiary/aromatic N) is 3. The van der Waals surface area contributed by atoms with Crippen molar-refractivity contribution in [3.05, 3.63) is 46.0 Å². The first-order chi connectivity index (χ1) is 12.9. The molecule has 0 fully saturated rings. The summed E-state index contributed by atoms with van der Waals surface area (Å²) >= 11 is 5.76. The highest BCUT2D eigenvalue weighted by molar-refractivity contribution is 6.31. The summed E-state index contributed by atoms with van der Waals surface area (Å²) in [5, 5.41) is 10.2. The Morgan fingerprint density at radius 2 is 2.26 bits per heavy atom. The van der Waals surface area contributed by atoms with Gasteiger partial charge in [0.25, 0.3) is 5.91 Å². The molecule has 7 nitrogen and oxygen atoms in total. The van der Waals surface area contributed by atoms with Crippen LogP contribution in [-0.4, -0.2) is 39.7 Å². The lowest BCUT2D eigenvalue weighted by Crippen LogP contribution is -2.39. The number of carbonyl (C=O) groups excluding carboxylic acids is 2. The molecule has 0 spiro atoms. The summed E-state index contributed by atoms with van der Waals surface area (Å²) in [7, 11) is 0.